The van der Waals surface area contributed by atoms with E-state index < -0.39 is 0 Å². The Hall–Kier alpha value is -1.61. The summed E-state index contributed by atoms with van der Waals surface area (Å²) in [5.41, 5.74) is 0. The van der Waals surface area contributed by atoms with E-state index in [9.17, 15) is 9.59 Å². The highest BCUT2D eigenvalue weighted by Crippen LogP contribution is 2.04. The predicted octanol–water partition coefficient (Wildman–Crippen LogP) is -1.51. The second kappa shape index (κ2) is 5.98. The van der Waals surface area contributed by atoms with Crippen LogP contribution in [0.3, 0.4) is 0 Å². The second-order valence-corrected chi connectivity index (χ2v) is 3.37. The summed E-state index contributed by atoms with van der Waals surface area (Å²) >= 11 is 0. The predicted molar refractivity (Wildman–Crippen MR) is 52.7 cm³/mol. The number of nitrogens with one attached hydrogen (secondary N) is 3. The van der Waals surface area contributed by atoms with Crippen LogP contribution >= 0.6 is 0 Å². The third-order valence-electron chi connectivity index (χ3n) is 2.13. The zero-order valence-electron chi connectivity index (χ0n) is 8.38. The van der Waals surface area contributed by atoms with Gasteiger partial charge in [0, 0.05) is 19.0 Å². The molecule has 6 heteroatoms. The van der Waals surface area contributed by atoms with Crippen LogP contribution in [0.1, 0.15) is 12.8 Å². The van der Waals surface area contributed by atoms with Gasteiger partial charge in [-0.25, -0.2) is 0 Å². The van der Waals surface area contributed by atoms with Crippen LogP contribution in [0.2, 0.25) is 0 Å². The molecular weight excluding hydrogens is 196 g/mol. The molecule has 15 heavy (non-hydrogen) atoms. The van der Waals surface area contributed by atoms with Crippen molar-refractivity contribution in [1.29, 1.82) is 5.26 Å². The van der Waals surface area contributed by atoms with Gasteiger partial charge in [0.05, 0.1) is 12.6 Å². The van der Waals surface area contributed by atoms with Crippen molar-refractivity contribution in [2.45, 2.75) is 18.9 Å². The van der Waals surface area contributed by atoms with Crippen molar-refractivity contribution in [2.75, 3.05) is 19.6 Å². The van der Waals surface area contributed by atoms with Gasteiger partial charge in [0.15, 0.2) is 0 Å². The maximum Gasteiger partial charge on any atom is 0.234 e. The Kier molecular flexibility index (Phi) is 4.57. The summed E-state index contributed by atoms with van der Waals surface area (Å²) in [6.45, 7) is 0.792. The summed E-state index contributed by atoms with van der Waals surface area (Å²) < 4.78 is 0. The van der Waals surface area contributed by atoms with Gasteiger partial charge in [0.25, 0.3) is 0 Å². The highest BCUT2D eigenvalue weighted by molar-refractivity contribution is 5.79. The Balaban J connectivity index is 2.04. The number of amides is 2. The number of hydrogen-bond donors (Lipinski definition) is 3. The fourth-order valence-corrected chi connectivity index (χ4v) is 1.39. The lowest BCUT2D eigenvalue weighted by Crippen LogP contribution is -2.40. The van der Waals surface area contributed by atoms with E-state index in [1.54, 1.807) is 0 Å². The third-order valence-corrected chi connectivity index (χ3v) is 2.13. The van der Waals surface area contributed by atoms with Crippen molar-refractivity contribution in [1.82, 2.24) is 16.0 Å². The Bertz CT molecular complexity index is 284. The van der Waals surface area contributed by atoms with Crippen LogP contribution in [-0.4, -0.2) is 37.5 Å². The summed E-state index contributed by atoms with van der Waals surface area (Å²) in [6.07, 6.45) is 1.37. The molecular formula is C9H14N4O2. The van der Waals surface area contributed by atoms with E-state index in [4.69, 9.17) is 5.26 Å². The van der Waals surface area contributed by atoms with Gasteiger partial charge in [-0.15, -0.1) is 0 Å². The maximum atomic E-state index is 11.0. The van der Waals surface area contributed by atoms with Gasteiger partial charge < -0.3 is 16.0 Å². The van der Waals surface area contributed by atoms with E-state index in [1.165, 1.54) is 0 Å². The number of carbonyl (C=O) groups excluding carboxylic acids is 2. The SMILES string of the molecule is N#CCNC(=O)CNCC1CCC(=O)N1. The summed E-state index contributed by atoms with van der Waals surface area (Å²) in [4.78, 5) is 21.9. The Morgan fingerprint density at radius 1 is 1.67 bits per heavy atom. The first-order valence-corrected chi connectivity index (χ1v) is 4.86. The minimum Gasteiger partial charge on any atom is -0.352 e. The van der Waals surface area contributed by atoms with Gasteiger partial charge >= 0.3 is 0 Å². The standard InChI is InChI=1S/C9H14N4O2/c10-3-4-12-9(15)6-11-5-7-1-2-8(14)13-7/h7,11H,1-2,4-6H2,(H,12,15)(H,13,14). The van der Waals surface area contributed by atoms with Crippen molar-refractivity contribution >= 4 is 11.8 Å². The van der Waals surface area contributed by atoms with E-state index in [0.717, 1.165) is 6.42 Å². The van der Waals surface area contributed by atoms with E-state index in [1.807, 2.05) is 6.07 Å². The van der Waals surface area contributed by atoms with E-state index in [2.05, 4.69) is 16.0 Å². The summed E-state index contributed by atoms with van der Waals surface area (Å²) in [5, 5.41) is 16.3. The normalized spacial score (nSPS) is 19.4. The number of carbonyl (C=O) groups is 2. The molecule has 1 rings (SSSR count). The number of nitrogens with zero attached hydrogens (tertiary/aromatic N) is 1. The van der Waals surface area contributed by atoms with E-state index in [0.29, 0.717) is 13.0 Å². The quantitative estimate of drug-likeness (QED) is 0.481. The minimum absolute atomic E-state index is 0.0285. The molecule has 0 bridgehead atoms. The Morgan fingerprint density at radius 3 is 3.07 bits per heavy atom. The van der Waals surface area contributed by atoms with Crippen LogP contribution in [0, 0.1) is 11.3 Å². The monoisotopic (exact) mass is 210 g/mol. The Labute approximate surface area is 88.0 Å². The summed E-state index contributed by atoms with van der Waals surface area (Å²) in [5.74, 6) is -0.142. The lowest BCUT2D eigenvalue weighted by Gasteiger charge is -2.10. The number of hydrogen-bond acceptors (Lipinski definition) is 4. The van der Waals surface area contributed by atoms with Crippen molar-refractivity contribution in [3.8, 4) is 6.07 Å². The largest absolute Gasteiger partial charge is 0.352 e. The van der Waals surface area contributed by atoms with Crippen LogP contribution in [0.4, 0.5) is 0 Å². The lowest BCUT2D eigenvalue weighted by atomic mass is 10.2. The molecule has 1 aliphatic heterocycles. The van der Waals surface area contributed by atoms with Gasteiger partial charge in [-0.05, 0) is 6.42 Å². The Morgan fingerprint density at radius 2 is 2.47 bits per heavy atom. The maximum absolute atomic E-state index is 11.0. The number of nitriles is 1. The molecule has 0 aromatic carbocycles. The van der Waals surface area contributed by atoms with Gasteiger partial charge in [-0.1, -0.05) is 0 Å². The first-order chi connectivity index (χ1) is 7.22. The van der Waals surface area contributed by atoms with Crippen LogP contribution in [0.25, 0.3) is 0 Å². The molecule has 0 saturated carbocycles. The van der Waals surface area contributed by atoms with E-state index in [-0.39, 0.29) is 30.9 Å². The molecule has 2 amide bonds. The van der Waals surface area contributed by atoms with Crippen LogP contribution < -0.4 is 16.0 Å². The van der Waals surface area contributed by atoms with Crippen LogP contribution in [0.5, 0.6) is 0 Å². The molecule has 0 aromatic heterocycles. The summed E-state index contributed by atoms with van der Waals surface area (Å²) in [6, 6.07) is 1.95. The molecule has 6 nitrogen and oxygen atoms in total. The molecule has 0 spiro atoms. The average molecular weight is 210 g/mol. The molecule has 1 heterocycles. The lowest BCUT2D eigenvalue weighted by molar-refractivity contribution is -0.120. The molecule has 1 fully saturated rings. The highest BCUT2D eigenvalue weighted by Gasteiger charge is 2.19. The van der Waals surface area contributed by atoms with Crippen LogP contribution in [0.15, 0.2) is 0 Å². The smallest absolute Gasteiger partial charge is 0.234 e. The van der Waals surface area contributed by atoms with Gasteiger partial charge in [-0.2, -0.15) is 5.26 Å². The zero-order valence-corrected chi connectivity index (χ0v) is 8.38. The number of rotatable bonds is 5. The topological polar surface area (TPSA) is 94.0 Å². The van der Waals surface area contributed by atoms with Crippen molar-refractivity contribution in [3.05, 3.63) is 0 Å². The van der Waals surface area contributed by atoms with Gasteiger partial charge in [0.2, 0.25) is 11.8 Å². The van der Waals surface area contributed by atoms with Crippen molar-refractivity contribution in [2.24, 2.45) is 0 Å². The zero-order chi connectivity index (χ0) is 11.1. The molecule has 1 saturated heterocycles. The molecule has 3 N–H and O–H groups in total. The van der Waals surface area contributed by atoms with E-state index >= 15 is 0 Å². The minimum atomic E-state index is -0.208. The first kappa shape index (κ1) is 11.5. The highest BCUT2D eigenvalue weighted by atomic mass is 16.2. The molecule has 1 unspecified atom stereocenters. The fourth-order valence-electron chi connectivity index (χ4n) is 1.39. The van der Waals surface area contributed by atoms with Crippen molar-refractivity contribution in [3.63, 3.8) is 0 Å². The van der Waals surface area contributed by atoms with Gasteiger partial charge in [-0.3, -0.25) is 9.59 Å². The van der Waals surface area contributed by atoms with Gasteiger partial charge in [0.1, 0.15) is 6.54 Å². The molecule has 0 aromatic rings. The fraction of sp³-hybridized carbons (Fsp3) is 0.667. The average Bonchev–Trinajstić information content (AvgIpc) is 2.61. The second-order valence-electron chi connectivity index (χ2n) is 3.37. The summed E-state index contributed by atoms with van der Waals surface area (Å²) in [7, 11) is 0. The van der Waals surface area contributed by atoms with Crippen molar-refractivity contribution < 1.29 is 9.59 Å². The molecule has 0 radical (unpaired) electrons. The first-order valence-electron chi connectivity index (χ1n) is 4.86. The molecule has 1 atom stereocenters. The molecule has 0 aliphatic carbocycles. The van der Waals surface area contributed by atoms with Crippen LogP contribution in [-0.2, 0) is 9.59 Å². The molecule has 1 aliphatic rings. The molecule has 82 valence electrons. The third kappa shape index (κ3) is 4.42.